The Morgan fingerprint density at radius 1 is 1.20 bits per heavy atom. The second-order valence-electron chi connectivity index (χ2n) is 5.18. The summed E-state index contributed by atoms with van der Waals surface area (Å²) in [5.74, 6) is 0.916. The van der Waals surface area contributed by atoms with Gasteiger partial charge in [-0.15, -0.1) is 0 Å². The van der Waals surface area contributed by atoms with Gasteiger partial charge in [-0.2, -0.15) is 0 Å². The van der Waals surface area contributed by atoms with Crippen LogP contribution in [0.5, 0.6) is 5.75 Å². The number of hydrogen-bond acceptors (Lipinski definition) is 2. The van der Waals surface area contributed by atoms with Gasteiger partial charge in [0.05, 0.1) is 6.54 Å². The van der Waals surface area contributed by atoms with Crippen LogP contribution < -0.4 is 9.64 Å². The zero-order valence-corrected chi connectivity index (χ0v) is 13.1. The molecular formula is C17H18BrNO. The van der Waals surface area contributed by atoms with Crippen LogP contribution in [-0.2, 0) is 6.42 Å². The number of nitrogens with zero attached hydrogens (tertiary/aromatic N) is 1. The molecular weight excluding hydrogens is 314 g/mol. The summed E-state index contributed by atoms with van der Waals surface area (Å²) in [6.07, 6.45) is 1.13. The number of rotatable bonds is 4. The fourth-order valence-electron chi connectivity index (χ4n) is 2.79. The lowest BCUT2D eigenvalue weighted by molar-refractivity contribution is 0.321. The van der Waals surface area contributed by atoms with Gasteiger partial charge in [-0.25, -0.2) is 0 Å². The zero-order chi connectivity index (χ0) is 13.9. The second kappa shape index (κ2) is 5.88. The largest absolute Gasteiger partial charge is 0.492 e. The smallest absolute Gasteiger partial charge is 0.120 e. The number of fused-ring (bicyclic) bond motifs is 1. The van der Waals surface area contributed by atoms with Crippen LogP contribution in [0.2, 0.25) is 0 Å². The SMILES string of the molecule is CC1Cc2ccccc2N1CCOc1cccc(Br)c1. The second-order valence-corrected chi connectivity index (χ2v) is 6.10. The molecule has 0 radical (unpaired) electrons. The molecule has 0 saturated heterocycles. The average Bonchev–Trinajstić information content (AvgIpc) is 2.75. The lowest BCUT2D eigenvalue weighted by atomic mass is 10.1. The maximum Gasteiger partial charge on any atom is 0.120 e. The van der Waals surface area contributed by atoms with Crippen molar-refractivity contribution >= 4 is 21.6 Å². The molecule has 104 valence electrons. The van der Waals surface area contributed by atoms with E-state index >= 15 is 0 Å². The molecule has 0 aromatic heterocycles. The van der Waals surface area contributed by atoms with Crippen molar-refractivity contribution in [3.63, 3.8) is 0 Å². The van der Waals surface area contributed by atoms with E-state index in [0.29, 0.717) is 12.6 Å². The standard InChI is InChI=1S/C17H18BrNO/c1-13-11-14-5-2-3-8-17(14)19(13)9-10-20-16-7-4-6-15(18)12-16/h2-8,12-13H,9-11H2,1H3. The topological polar surface area (TPSA) is 12.5 Å². The molecule has 3 rings (SSSR count). The normalized spacial score (nSPS) is 17.1. The lowest BCUT2D eigenvalue weighted by Crippen LogP contribution is -2.33. The van der Waals surface area contributed by atoms with E-state index in [9.17, 15) is 0 Å². The summed E-state index contributed by atoms with van der Waals surface area (Å²) in [7, 11) is 0. The van der Waals surface area contributed by atoms with Gasteiger partial charge in [-0.1, -0.05) is 40.2 Å². The molecule has 0 N–H and O–H groups in total. The number of ether oxygens (including phenoxy) is 1. The van der Waals surface area contributed by atoms with E-state index in [1.54, 1.807) is 0 Å². The van der Waals surface area contributed by atoms with Gasteiger partial charge in [0.1, 0.15) is 12.4 Å². The zero-order valence-electron chi connectivity index (χ0n) is 11.6. The van der Waals surface area contributed by atoms with Crippen LogP contribution in [0.1, 0.15) is 12.5 Å². The van der Waals surface area contributed by atoms with Crippen LogP contribution in [0.25, 0.3) is 0 Å². The first-order valence-corrected chi connectivity index (χ1v) is 7.76. The molecule has 1 unspecified atom stereocenters. The highest BCUT2D eigenvalue weighted by Crippen LogP contribution is 2.31. The van der Waals surface area contributed by atoms with Crippen LogP contribution in [0.4, 0.5) is 5.69 Å². The first kappa shape index (κ1) is 13.5. The molecule has 1 heterocycles. The van der Waals surface area contributed by atoms with E-state index in [2.05, 4.69) is 52.0 Å². The van der Waals surface area contributed by atoms with Crippen LogP contribution in [0.15, 0.2) is 53.0 Å². The molecule has 2 aromatic carbocycles. The molecule has 0 spiro atoms. The Labute approximate surface area is 128 Å². The van der Waals surface area contributed by atoms with Gasteiger partial charge < -0.3 is 9.64 Å². The van der Waals surface area contributed by atoms with Gasteiger partial charge in [0, 0.05) is 16.2 Å². The van der Waals surface area contributed by atoms with Crippen molar-refractivity contribution in [1.29, 1.82) is 0 Å². The Balaban J connectivity index is 1.62. The first-order valence-electron chi connectivity index (χ1n) is 6.97. The summed E-state index contributed by atoms with van der Waals surface area (Å²) < 4.78 is 6.89. The highest BCUT2D eigenvalue weighted by molar-refractivity contribution is 9.10. The number of hydrogen-bond donors (Lipinski definition) is 0. The molecule has 2 nitrogen and oxygen atoms in total. The number of para-hydroxylation sites is 1. The third-order valence-corrected chi connectivity index (χ3v) is 4.24. The summed E-state index contributed by atoms with van der Waals surface area (Å²) in [5, 5.41) is 0. The highest BCUT2D eigenvalue weighted by Gasteiger charge is 2.24. The molecule has 0 saturated carbocycles. The molecule has 0 aliphatic carbocycles. The monoisotopic (exact) mass is 331 g/mol. The minimum atomic E-state index is 0.554. The van der Waals surface area contributed by atoms with E-state index in [1.165, 1.54) is 11.3 Å². The Morgan fingerprint density at radius 3 is 2.90 bits per heavy atom. The summed E-state index contributed by atoms with van der Waals surface area (Å²) in [6, 6.07) is 17.2. The first-order chi connectivity index (χ1) is 9.74. The van der Waals surface area contributed by atoms with Crippen molar-refractivity contribution in [3.05, 3.63) is 58.6 Å². The molecule has 2 aromatic rings. The molecule has 1 atom stereocenters. The van der Waals surface area contributed by atoms with Gasteiger partial charge in [-0.3, -0.25) is 0 Å². The highest BCUT2D eigenvalue weighted by atomic mass is 79.9. The number of benzene rings is 2. The third-order valence-electron chi connectivity index (χ3n) is 3.75. The van der Waals surface area contributed by atoms with Crippen LogP contribution in [-0.4, -0.2) is 19.2 Å². The Hall–Kier alpha value is -1.48. The van der Waals surface area contributed by atoms with E-state index in [-0.39, 0.29) is 0 Å². The number of halogens is 1. The Morgan fingerprint density at radius 2 is 2.05 bits per heavy atom. The minimum absolute atomic E-state index is 0.554. The molecule has 20 heavy (non-hydrogen) atoms. The van der Waals surface area contributed by atoms with Crippen molar-refractivity contribution in [2.75, 3.05) is 18.1 Å². The Kier molecular flexibility index (Phi) is 3.97. The molecule has 0 amide bonds. The van der Waals surface area contributed by atoms with Crippen molar-refractivity contribution in [3.8, 4) is 5.75 Å². The molecule has 1 aliphatic heterocycles. The molecule has 0 bridgehead atoms. The van der Waals surface area contributed by atoms with Gasteiger partial charge in [0.2, 0.25) is 0 Å². The van der Waals surface area contributed by atoms with Gasteiger partial charge in [-0.05, 0) is 43.2 Å². The molecule has 3 heteroatoms. The van der Waals surface area contributed by atoms with Crippen molar-refractivity contribution < 1.29 is 4.74 Å². The number of anilines is 1. The average molecular weight is 332 g/mol. The molecule has 1 aliphatic rings. The molecule has 0 fully saturated rings. The third kappa shape index (κ3) is 2.83. The summed E-state index contributed by atoms with van der Waals surface area (Å²) in [5.41, 5.74) is 2.81. The van der Waals surface area contributed by atoms with Crippen molar-refractivity contribution in [2.24, 2.45) is 0 Å². The van der Waals surface area contributed by atoms with Crippen LogP contribution in [0.3, 0.4) is 0 Å². The lowest BCUT2D eigenvalue weighted by Gasteiger charge is -2.24. The summed E-state index contributed by atoms with van der Waals surface area (Å²) in [6.45, 7) is 3.90. The van der Waals surface area contributed by atoms with E-state index in [0.717, 1.165) is 23.2 Å². The maximum atomic E-state index is 5.84. The maximum absolute atomic E-state index is 5.84. The summed E-state index contributed by atoms with van der Waals surface area (Å²) in [4.78, 5) is 2.44. The summed E-state index contributed by atoms with van der Waals surface area (Å²) >= 11 is 3.46. The van der Waals surface area contributed by atoms with Crippen LogP contribution in [0, 0.1) is 0 Å². The quantitative estimate of drug-likeness (QED) is 0.829. The van der Waals surface area contributed by atoms with Gasteiger partial charge >= 0.3 is 0 Å². The fraction of sp³-hybridized carbons (Fsp3) is 0.294. The predicted octanol–water partition coefficient (Wildman–Crippen LogP) is 4.28. The van der Waals surface area contributed by atoms with Crippen molar-refractivity contribution in [1.82, 2.24) is 0 Å². The van der Waals surface area contributed by atoms with Gasteiger partial charge in [0.15, 0.2) is 0 Å². The van der Waals surface area contributed by atoms with E-state index in [1.807, 2.05) is 24.3 Å². The van der Waals surface area contributed by atoms with E-state index < -0.39 is 0 Å². The van der Waals surface area contributed by atoms with Gasteiger partial charge in [0.25, 0.3) is 0 Å². The fourth-order valence-corrected chi connectivity index (χ4v) is 3.17. The minimum Gasteiger partial charge on any atom is -0.492 e. The predicted molar refractivity (Wildman–Crippen MR) is 86.6 cm³/mol. The van der Waals surface area contributed by atoms with Crippen molar-refractivity contribution in [2.45, 2.75) is 19.4 Å². The Bertz CT molecular complexity index is 599. The van der Waals surface area contributed by atoms with Crippen LogP contribution >= 0.6 is 15.9 Å². The van der Waals surface area contributed by atoms with E-state index in [4.69, 9.17) is 4.74 Å².